The van der Waals surface area contributed by atoms with Crippen LogP contribution in [-0.4, -0.2) is 48.2 Å². The summed E-state index contributed by atoms with van der Waals surface area (Å²) in [4.78, 5) is 27.4. The zero-order chi connectivity index (χ0) is 24.1. The molecule has 3 aromatic rings. The SMILES string of the molecule is CNC(=O)c1cccc(Cn2cc(CCN(C)C)c3cc(/C(=C/N)C(=N)Cl)ccc3c2=O)c1. The average molecular weight is 466 g/mol. The second-order valence-electron chi connectivity index (χ2n) is 8.07. The van der Waals surface area contributed by atoms with Crippen LogP contribution >= 0.6 is 11.6 Å². The van der Waals surface area contributed by atoms with Gasteiger partial charge in [-0.2, -0.15) is 0 Å². The van der Waals surface area contributed by atoms with Crippen LogP contribution in [0.25, 0.3) is 16.3 Å². The molecule has 0 aliphatic carbocycles. The summed E-state index contributed by atoms with van der Waals surface area (Å²) in [5.41, 5.74) is 9.05. The van der Waals surface area contributed by atoms with Gasteiger partial charge in [0, 0.05) is 42.5 Å². The van der Waals surface area contributed by atoms with Gasteiger partial charge in [-0.3, -0.25) is 15.0 Å². The Hall–Kier alpha value is -3.42. The van der Waals surface area contributed by atoms with Gasteiger partial charge >= 0.3 is 0 Å². The minimum Gasteiger partial charge on any atom is -0.404 e. The van der Waals surface area contributed by atoms with Crippen LogP contribution in [0.15, 0.2) is 59.7 Å². The number of fused-ring (bicyclic) bond motifs is 1. The van der Waals surface area contributed by atoms with E-state index in [1.807, 2.05) is 38.5 Å². The highest BCUT2D eigenvalue weighted by molar-refractivity contribution is 6.75. The van der Waals surface area contributed by atoms with Crippen molar-refractivity contribution in [1.29, 1.82) is 5.41 Å². The lowest BCUT2D eigenvalue weighted by Crippen LogP contribution is -2.23. The number of nitrogens with zero attached hydrogens (tertiary/aromatic N) is 2. The van der Waals surface area contributed by atoms with Gasteiger partial charge in [0.2, 0.25) is 0 Å². The van der Waals surface area contributed by atoms with Crippen molar-refractivity contribution in [3.05, 3.63) is 87.5 Å². The third-order valence-electron chi connectivity index (χ3n) is 5.48. The molecular formula is C25H28ClN5O2. The molecule has 0 radical (unpaired) electrons. The van der Waals surface area contributed by atoms with E-state index in [0.717, 1.165) is 29.5 Å². The maximum Gasteiger partial charge on any atom is 0.258 e. The molecule has 7 nitrogen and oxygen atoms in total. The summed E-state index contributed by atoms with van der Waals surface area (Å²) < 4.78 is 1.68. The number of hydrogen-bond donors (Lipinski definition) is 3. The van der Waals surface area contributed by atoms with E-state index in [1.165, 1.54) is 6.20 Å². The van der Waals surface area contributed by atoms with Crippen LogP contribution in [0.4, 0.5) is 0 Å². The van der Waals surface area contributed by atoms with Crippen molar-refractivity contribution >= 4 is 39.0 Å². The molecule has 0 spiro atoms. The van der Waals surface area contributed by atoms with Crippen LogP contribution in [0.5, 0.6) is 0 Å². The third-order valence-corrected chi connectivity index (χ3v) is 5.68. The molecule has 4 N–H and O–H groups in total. The summed E-state index contributed by atoms with van der Waals surface area (Å²) in [6, 6.07) is 12.6. The van der Waals surface area contributed by atoms with Crippen molar-refractivity contribution in [1.82, 2.24) is 14.8 Å². The van der Waals surface area contributed by atoms with Crippen LogP contribution < -0.4 is 16.6 Å². The zero-order valence-electron chi connectivity index (χ0n) is 19.0. The summed E-state index contributed by atoms with van der Waals surface area (Å²) in [5, 5.41) is 11.6. The Morgan fingerprint density at radius 3 is 2.58 bits per heavy atom. The normalized spacial score (nSPS) is 11.7. The largest absolute Gasteiger partial charge is 0.404 e. The Bertz CT molecular complexity index is 1290. The molecular weight excluding hydrogens is 438 g/mol. The maximum atomic E-state index is 13.3. The minimum absolute atomic E-state index is 0.130. The molecule has 0 unspecified atom stereocenters. The topological polar surface area (TPSA) is 104 Å². The van der Waals surface area contributed by atoms with Crippen molar-refractivity contribution in [2.45, 2.75) is 13.0 Å². The standard InChI is InChI=1S/C25H28ClN5O2/c1-29-24(32)18-6-4-5-16(11-18)14-31-15-19(9-10-30(2)3)21-12-17(22(13-27)23(26)28)7-8-20(21)25(31)33/h4-8,11-13,15,28H,9-10,14,27H2,1-3H3,(H,29,32)/b22-13-,28-23?. The van der Waals surface area contributed by atoms with E-state index < -0.39 is 0 Å². The Morgan fingerprint density at radius 1 is 1.18 bits per heavy atom. The smallest absolute Gasteiger partial charge is 0.258 e. The highest BCUT2D eigenvalue weighted by Gasteiger charge is 2.14. The van der Waals surface area contributed by atoms with Gasteiger partial charge in [0.1, 0.15) is 5.17 Å². The molecule has 0 aliphatic heterocycles. The van der Waals surface area contributed by atoms with Gasteiger partial charge in [0.25, 0.3) is 11.5 Å². The number of carbonyl (C=O) groups is 1. The van der Waals surface area contributed by atoms with E-state index in [9.17, 15) is 9.59 Å². The second kappa shape index (κ2) is 10.5. The van der Waals surface area contributed by atoms with E-state index in [4.69, 9.17) is 22.7 Å². The number of aromatic nitrogens is 1. The number of rotatable bonds is 8. The molecule has 0 aliphatic rings. The lowest BCUT2D eigenvalue weighted by atomic mass is 9.98. The summed E-state index contributed by atoms with van der Waals surface area (Å²) >= 11 is 5.90. The number of allylic oxidation sites excluding steroid dienone is 1. The molecule has 0 bridgehead atoms. The Labute approximate surface area is 198 Å². The van der Waals surface area contributed by atoms with Gasteiger partial charge in [-0.15, -0.1) is 0 Å². The van der Waals surface area contributed by atoms with Gasteiger partial charge in [0.05, 0.1) is 6.54 Å². The summed E-state index contributed by atoms with van der Waals surface area (Å²) in [6.45, 7) is 1.14. The summed E-state index contributed by atoms with van der Waals surface area (Å²) in [5.74, 6) is -0.171. The predicted molar refractivity (Wildman–Crippen MR) is 135 cm³/mol. The fourth-order valence-electron chi connectivity index (χ4n) is 3.74. The molecule has 0 atom stereocenters. The van der Waals surface area contributed by atoms with E-state index >= 15 is 0 Å². The van der Waals surface area contributed by atoms with Crippen molar-refractivity contribution in [2.24, 2.45) is 5.73 Å². The van der Waals surface area contributed by atoms with Gasteiger partial charge in [-0.1, -0.05) is 29.8 Å². The summed E-state index contributed by atoms with van der Waals surface area (Å²) in [6.07, 6.45) is 3.91. The van der Waals surface area contributed by atoms with Gasteiger partial charge in [-0.05, 0) is 66.9 Å². The molecule has 3 rings (SSSR count). The molecule has 1 heterocycles. The Morgan fingerprint density at radius 2 is 1.94 bits per heavy atom. The number of nitrogens with one attached hydrogen (secondary N) is 2. The zero-order valence-corrected chi connectivity index (χ0v) is 19.7. The van der Waals surface area contributed by atoms with E-state index in [1.54, 1.807) is 35.9 Å². The first kappa shape index (κ1) is 24.2. The molecule has 0 saturated carbocycles. The van der Waals surface area contributed by atoms with Crippen LogP contribution in [0.2, 0.25) is 0 Å². The molecule has 2 aromatic carbocycles. The van der Waals surface area contributed by atoms with Crippen molar-refractivity contribution in [2.75, 3.05) is 27.7 Å². The van der Waals surface area contributed by atoms with Crippen molar-refractivity contribution < 1.29 is 4.79 Å². The first-order valence-electron chi connectivity index (χ1n) is 10.5. The highest BCUT2D eigenvalue weighted by atomic mass is 35.5. The third kappa shape index (κ3) is 5.50. The number of likely N-dealkylation sites (N-methyl/N-ethyl adjacent to an activating group) is 1. The number of halogens is 1. The number of carbonyl (C=O) groups excluding carboxylic acids is 1. The number of benzene rings is 2. The van der Waals surface area contributed by atoms with E-state index in [0.29, 0.717) is 28.6 Å². The molecule has 1 amide bonds. The van der Waals surface area contributed by atoms with Gasteiger partial charge < -0.3 is 20.5 Å². The monoisotopic (exact) mass is 465 g/mol. The lowest BCUT2D eigenvalue weighted by molar-refractivity contribution is 0.0963. The second-order valence-corrected chi connectivity index (χ2v) is 8.45. The molecule has 172 valence electrons. The maximum absolute atomic E-state index is 13.3. The Kier molecular flexibility index (Phi) is 7.68. The predicted octanol–water partition coefficient (Wildman–Crippen LogP) is 3.03. The average Bonchev–Trinajstić information content (AvgIpc) is 2.79. The first-order valence-corrected chi connectivity index (χ1v) is 10.9. The van der Waals surface area contributed by atoms with Crippen LogP contribution in [0.1, 0.15) is 27.0 Å². The summed E-state index contributed by atoms with van der Waals surface area (Å²) in [7, 11) is 5.58. The quantitative estimate of drug-likeness (QED) is 0.445. The molecule has 33 heavy (non-hydrogen) atoms. The molecule has 0 fully saturated rings. The lowest BCUT2D eigenvalue weighted by Gasteiger charge is -2.16. The molecule has 0 saturated heterocycles. The fourth-order valence-corrected chi connectivity index (χ4v) is 3.92. The minimum atomic E-state index is -0.171. The number of nitrogens with two attached hydrogens (primary N) is 1. The van der Waals surface area contributed by atoms with Crippen LogP contribution in [0, 0.1) is 5.41 Å². The molecule has 8 heteroatoms. The number of amides is 1. The highest BCUT2D eigenvalue weighted by Crippen LogP contribution is 2.24. The van der Waals surface area contributed by atoms with Gasteiger partial charge in [0.15, 0.2) is 0 Å². The van der Waals surface area contributed by atoms with Crippen molar-refractivity contribution in [3.63, 3.8) is 0 Å². The van der Waals surface area contributed by atoms with Crippen LogP contribution in [-0.2, 0) is 13.0 Å². The Balaban J connectivity index is 2.13. The van der Waals surface area contributed by atoms with Gasteiger partial charge in [-0.25, -0.2) is 0 Å². The first-order chi connectivity index (χ1) is 15.7. The number of hydrogen-bond acceptors (Lipinski definition) is 5. The molecule has 1 aromatic heterocycles. The fraction of sp³-hybridized carbons (Fsp3) is 0.240. The van der Waals surface area contributed by atoms with Crippen molar-refractivity contribution in [3.8, 4) is 0 Å². The van der Waals surface area contributed by atoms with E-state index in [-0.39, 0.29) is 16.6 Å². The van der Waals surface area contributed by atoms with E-state index in [2.05, 4.69) is 10.2 Å². The number of pyridine rings is 1. The van der Waals surface area contributed by atoms with Crippen LogP contribution in [0.3, 0.4) is 0 Å².